The molecule has 0 aliphatic carbocycles. The van der Waals surface area contributed by atoms with Crippen molar-refractivity contribution < 1.29 is 0 Å². The van der Waals surface area contributed by atoms with Gasteiger partial charge >= 0.3 is 0 Å². The molecule has 0 aromatic carbocycles. The monoisotopic (exact) mass is 260 g/mol. The Hall–Kier alpha value is -1.84. The second-order valence-corrected chi connectivity index (χ2v) is 3.84. The zero-order valence-electron chi connectivity index (χ0n) is 12.8. The maximum atomic E-state index is 4.09. The molecule has 2 rings (SSSR count). The molecular weight excluding hydrogens is 236 g/mol. The van der Waals surface area contributed by atoms with Gasteiger partial charge in [0, 0.05) is 31.2 Å². The molecule has 0 amide bonds. The van der Waals surface area contributed by atoms with E-state index in [1.807, 2.05) is 66.3 Å². The second-order valence-electron chi connectivity index (χ2n) is 3.84. The Balaban J connectivity index is 0.000000303. The molecule has 0 aliphatic heterocycles. The first-order chi connectivity index (χ1) is 9.11. The number of aryl methyl sites for hydroxylation is 4. The van der Waals surface area contributed by atoms with Crippen molar-refractivity contribution in [1.82, 2.24) is 19.9 Å². The fraction of sp³-hybridized carbons (Fsp3) is 0.467. The highest BCUT2D eigenvalue weighted by Crippen LogP contribution is 1.92. The van der Waals surface area contributed by atoms with Crippen LogP contribution >= 0.6 is 0 Å². The van der Waals surface area contributed by atoms with E-state index in [0.29, 0.717) is 0 Å². The SMILES string of the molecule is CC.CCc1ncc(C)cn1.Cc1cnc(C)nc1. The highest BCUT2D eigenvalue weighted by Gasteiger charge is 1.88. The molecular formula is C15H24N4. The van der Waals surface area contributed by atoms with E-state index in [0.717, 1.165) is 29.2 Å². The zero-order chi connectivity index (χ0) is 14.7. The molecule has 2 aromatic heterocycles. The third kappa shape index (κ3) is 7.97. The maximum absolute atomic E-state index is 4.09. The lowest BCUT2D eigenvalue weighted by Gasteiger charge is -1.92. The number of nitrogens with zero attached hydrogens (tertiary/aromatic N) is 4. The van der Waals surface area contributed by atoms with Gasteiger partial charge in [0.1, 0.15) is 11.6 Å². The summed E-state index contributed by atoms with van der Waals surface area (Å²) in [6, 6.07) is 0. The smallest absolute Gasteiger partial charge is 0.127 e. The third-order valence-electron chi connectivity index (χ3n) is 2.06. The Morgan fingerprint density at radius 2 is 1.11 bits per heavy atom. The molecule has 2 aromatic rings. The average Bonchev–Trinajstić information content (AvgIpc) is 2.46. The molecule has 0 unspecified atom stereocenters. The fourth-order valence-electron chi connectivity index (χ4n) is 1.06. The van der Waals surface area contributed by atoms with Crippen LogP contribution in [-0.2, 0) is 6.42 Å². The molecule has 104 valence electrons. The van der Waals surface area contributed by atoms with E-state index >= 15 is 0 Å². The van der Waals surface area contributed by atoms with Gasteiger partial charge < -0.3 is 0 Å². The van der Waals surface area contributed by atoms with Crippen molar-refractivity contribution in [2.24, 2.45) is 0 Å². The van der Waals surface area contributed by atoms with Crippen LogP contribution < -0.4 is 0 Å². The number of hydrogen-bond acceptors (Lipinski definition) is 4. The summed E-state index contributed by atoms with van der Waals surface area (Å²) >= 11 is 0. The molecule has 0 fully saturated rings. The van der Waals surface area contributed by atoms with Gasteiger partial charge in [0.25, 0.3) is 0 Å². The van der Waals surface area contributed by atoms with E-state index in [2.05, 4.69) is 19.9 Å². The summed E-state index contributed by atoms with van der Waals surface area (Å²) in [5.74, 6) is 1.75. The van der Waals surface area contributed by atoms with Gasteiger partial charge in [0.2, 0.25) is 0 Å². The third-order valence-corrected chi connectivity index (χ3v) is 2.06. The Morgan fingerprint density at radius 3 is 1.42 bits per heavy atom. The van der Waals surface area contributed by atoms with Crippen molar-refractivity contribution in [1.29, 1.82) is 0 Å². The largest absolute Gasteiger partial charge is 0.241 e. The van der Waals surface area contributed by atoms with Crippen LogP contribution in [0.15, 0.2) is 24.8 Å². The fourth-order valence-corrected chi connectivity index (χ4v) is 1.06. The van der Waals surface area contributed by atoms with Crippen molar-refractivity contribution in [3.63, 3.8) is 0 Å². The van der Waals surface area contributed by atoms with Gasteiger partial charge in [-0.3, -0.25) is 0 Å². The van der Waals surface area contributed by atoms with E-state index in [4.69, 9.17) is 0 Å². The summed E-state index contributed by atoms with van der Waals surface area (Å²) in [4.78, 5) is 16.1. The molecule has 0 N–H and O–H groups in total. The van der Waals surface area contributed by atoms with Crippen LogP contribution in [0, 0.1) is 20.8 Å². The quantitative estimate of drug-likeness (QED) is 0.788. The summed E-state index contributed by atoms with van der Waals surface area (Å²) in [5, 5.41) is 0. The standard InChI is InChI=1S/C7H10N2.C6H8N2.C2H6/c1-3-7-8-4-6(2)5-9-7;1-5-3-7-6(2)8-4-5;1-2/h4-5H,3H2,1-2H3;3-4H,1-2H3;1-2H3. The van der Waals surface area contributed by atoms with E-state index in [9.17, 15) is 0 Å². The van der Waals surface area contributed by atoms with Crippen molar-refractivity contribution in [3.05, 3.63) is 47.6 Å². The van der Waals surface area contributed by atoms with Gasteiger partial charge in [-0.05, 0) is 31.9 Å². The Bertz CT molecular complexity index is 414. The van der Waals surface area contributed by atoms with Crippen LogP contribution in [0.3, 0.4) is 0 Å². The lowest BCUT2D eigenvalue weighted by atomic mass is 10.4. The average molecular weight is 260 g/mol. The van der Waals surface area contributed by atoms with Gasteiger partial charge in [-0.1, -0.05) is 20.8 Å². The Labute approximate surface area is 116 Å². The first-order valence-electron chi connectivity index (χ1n) is 6.64. The van der Waals surface area contributed by atoms with E-state index in [1.165, 1.54) is 0 Å². The van der Waals surface area contributed by atoms with Gasteiger partial charge in [-0.2, -0.15) is 0 Å². The highest BCUT2D eigenvalue weighted by molar-refractivity contribution is 5.01. The van der Waals surface area contributed by atoms with Crippen molar-refractivity contribution >= 4 is 0 Å². The predicted molar refractivity (Wildman–Crippen MR) is 79.0 cm³/mol. The summed E-state index contributed by atoms with van der Waals surface area (Å²) in [6.07, 6.45) is 8.21. The van der Waals surface area contributed by atoms with Crippen LogP contribution in [0.4, 0.5) is 0 Å². The van der Waals surface area contributed by atoms with Crippen molar-refractivity contribution in [2.45, 2.75) is 48.0 Å². The van der Waals surface area contributed by atoms with Crippen LogP contribution in [-0.4, -0.2) is 19.9 Å². The lowest BCUT2D eigenvalue weighted by Crippen LogP contribution is -1.90. The number of aromatic nitrogens is 4. The Morgan fingerprint density at radius 1 is 0.737 bits per heavy atom. The molecule has 0 aliphatic rings. The molecule has 0 saturated heterocycles. The highest BCUT2D eigenvalue weighted by atomic mass is 14.9. The van der Waals surface area contributed by atoms with Crippen molar-refractivity contribution in [2.75, 3.05) is 0 Å². The number of hydrogen-bond donors (Lipinski definition) is 0. The van der Waals surface area contributed by atoms with Crippen LogP contribution in [0.25, 0.3) is 0 Å². The molecule has 4 nitrogen and oxygen atoms in total. The first-order valence-corrected chi connectivity index (χ1v) is 6.64. The second kappa shape index (κ2) is 10.1. The minimum atomic E-state index is 0.829. The molecule has 0 radical (unpaired) electrons. The predicted octanol–water partition coefficient (Wildman–Crippen LogP) is 3.47. The minimum Gasteiger partial charge on any atom is -0.241 e. The topological polar surface area (TPSA) is 51.6 Å². The number of rotatable bonds is 1. The molecule has 4 heteroatoms. The molecule has 2 heterocycles. The molecule has 19 heavy (non-hydrogen) atoms. The van der Waals surface area contributed by atoms with Gasteiger partial charge in [0.15, 0.2) is 0 Å². The van der Waals surface area contributed by atoms with Gasteiger partial charge in [-0.25, -0.2) is 19.9 Å². The molecule has 0 atom stereocenters. The Kier molecular flexibility index (Phi) is 9.14. The summed E-state index contributed by atoms with van der Waals surface area (Å²) in [6.45, 7) is 11.9. The lowest BCUT2D eigenvalue weighted by molar-refractivity contribution is 0.929. The summed E-state index contributed by atoms with van der Waals surface area (Å²) in [7, 11) is 0. The van der Waals surface area contributed by atoms with E-state index in [1.54, 1.807) is 0 Å². The van der Waals surface area contributed by atoms with Gasteiger partial charge in [0.05, 0.1) is 0 Å². The zero-order valence-corrected chi connectivity index (χ0v) is 12.8. The molecule has 0 spiro atoms. The van der Waals surface area contributed by atoms with Crippen LogP contribution in [0.1, 0.15) is 43.5 Å². The van der Waals surface area contributed by atoms with Crippen molar-refractivity contribution in [3.8, 4) is 0 Å². The van der Waals surface area contributed by atoms with Crippen LogP contribution in [0.2, 0.25) is 0 Å². The summed E-state index contributed by atoms with van der Waals surface area (Å²) in [5.41, 5.74) is 2.22. The van der Waals surface area contributed by atoms with E-state index in [-0.39, 0.29) is 0 Å². The van der Waals surface area contributed by atoms with Crippen LogP contribution in [0.5, 0.6) is 0 Å². The summed E-state index contributed by atoms with van der Waals surface area (Å²) < 4.78 is 0. The molecule has 0 saturated carbocycles. The normalized spacial score (nSPS) is 8.74. The first kappa shape index (κ1) is 17.2. The van der Waals surface area contributed by atoms with E-state index < -0.39 is 0 Å². The van der Waals surface area contributed by atoms with Gasteiger partial charge in [-0.15, -0.1) is 0 Å². The minimum absolute atomic E-state index is 0.829. The maximum Gasteiger partial charge on any atom is 0.127 e. The molecule has 0 bridgehead atoms.